The highest BCUT2D eigenvalue weighted by molar-refractivity contribution is 6.34. The topological polar surface area (TPSA) is 58.4 Å². The average molecular weight is 390 g/mol. The van der Waals surface area contributed by atoms with Gasteiger partial charge in [-0.2, -0.15) is 4.98 Å². The Kier molecular flexibility index (Phi) is 4.51. The number of carbonyl (C=O) groups is 1. The van der Waals surface area contributed by atoms with E-state index in [1.165, 1.54) is 0 Å². The van der Waals surface area contributed by atoms with Crippen molar-refractivity contribution in [3.8, 4) is 0 Å². The molecule has 26 heavy (non-hydrogen) atoms. The summed E-state index contributed by atoms with van der Waals surface area (Å²) in [4.78, 5) is 19.0. The molecule has 4 rings (SSSR count). The van der Waals surface area contributed by atoms with E-state index in [9.17, 15) is 4.79 Å². The van der Waals surface area contributed by atoms with Crippen LogP contribution in [-0.2, 0) is 0 Å². The zero-order valence-corrected chi connectivity index (χ0v) is 15.6. The SMILES string of the molecule is Cc1cccc(Cl)c1C(=O)N1CCC(Nc2nc3ccc(Cl)cc3o2)C1. The zero-order valence-electron chi connectivity index (χ0n) is 14.1. The van der Waals surface area contributed by atoms with Gasteiger partial charge in [0.25, 0.3) is 11.9 Å². The van der Waals surface area contributed by atoms with Crippen LogP contribution in [0.1, 0.15) is 22.3 Å². The molecule has 1 aliphatic rings. The molecule has 0 saturated carbocycles. The Balaban J connectivity index is 1.47. The highest BCUT2D eigenvalue weighted by Gasteiger charge is 2.29. The van der Waals surface area contributed by atoms with E-state index in [1.54, 1.807) is 18.2 Å². The smallest absolute Gasteiger partial charge is 0.295 e. The molecule has 2 aromatic carbocycles. The minimum absolute atomic E-state index is 0.0400. The number of rotatable bonds is 3. The summed E-state index contributed by atoms with van der Waals surface area (Å²) in [5.41, 5.74) is 2.84. The van der Waals surface area contributed by atoms with Crippen LogP contribution in [-0.4, -0.2) is 34.9 Å². The number of oxazole rings is 1. The van der Waals surface area contributed by atoms with Crippen molar-refractivity contribution in [1.29, 1.82) is 0 Å². The van der Waals surface area contributed by atoms with Crippen molar-refractivity contribution >= 4 is 46.2 Å². The highest BCUT2D eigenvalue weighted by Crippen LogP contribution is 2.26. The molecule has 2 heterocycles. The molecule has 1 atom stereocenters. The molecule has 7 heteroatoms. The second kappa shape index (κ2) is 6.82. The summed E-state index contributed by atoms with van der Waals surface area (Å²) in [6, 6.07) is 11.3. The van der Waals surface area contributed by atoms with E-state index < -0.39 is 0 Å². The van der Waals surface area contributed by atoms with Gasteiger partial charge < -0.3 is 14.6 Å². The number of aryl methyl sites for hydroxylation is 1. The second-order valence-electron chi connectivity index (χ2n) is 6.44. The molecule has 3 aromatic rings. The summed E-state index contributed by atoms with van der Waals surface area (Å²) in [6.45, 7) is 3.13. The maximum atomic E-state index is 12.8. The number of nitrogens with one attached hydrogen (secondary N) is 1. The first-order chi connectivity index (χ1) is 12.5. The third-order valence-corrected chi connectivity index (χ3v) is 5.14. The Hall–Kier alpha value is -2.24. The van der Waals surface area contributed by atoms with Crippen molar-refractivity contribution in [2.75, 3.05) is 18.4 Å². The maximum Gasteiger partial charge on any atom is 0.295 e. The van der Waals surface area contributed by atoms with Crippen LogP contribution in [0, 0.1) is 6.92 Å². The van der Waals surface area contributed by atoms with Gasteiger partial charge in [0, 0.05) is 30.2 Å². The Labute approximate surface area is 160 Å². The van der Waals surface area contributed by atoms with E-state index in [1.807, 2.05) is 30.0 Å². The summed E-state index contributed by atoms with van der Waals surface area (Å²) in [7, 11) is 0. The van der Waals surface area contributed by atoms with Crippen LogP contribution in [0.4, 0.5) is 6.01 Å². The Morgan fingerprint density at radius 2 is 2.15 bits per heavy atom. The molecule has 134 valence electrons. The first kappa shape index (κ1) is 17.2. The Morgan fingerprint density at radius 3 is 2.96 bits per heavy atom. The zero-order chi connectivity index (χ0) is 18.3. The lowest BCUT2D eigenvalue weighted by molar-refractivity contribution is 0.0791. The summed E-state index contributed by atoms with van der Waals surface area (Å²) in [5.74, 6) is -0.0400. The summed E-state index contributed by atoms with van der Waals surface area (Å²) in [6.07, 6.45) is 0.814. The van der Waals surface area contributed by atoms with E-state index in [0.717, 1.165) is 17.5 Å². The minimum atomic E-state index is -0.0400. The molecule has 1 saturated heterocycles. The first-order valence-corrected chi connectivity index (χ1v) is 9.14. The number of amides is 1. The van der Waals surface area contributed by atoms with Gasteiger partial charge in [-0.25, -0.2) is 0 Å². The van der Waals surface area contributed by atoms with Crippen LogP contribution in [0.3, 0.4) is 0 Å². The minimum Gasteiger partial charge on any atom is -0.423 e. The fraction of sp³-hybridized carbons (Fsp3) is 0.263. The van der Waals surface area contributed by atoms with Gasteiger partial charge in [-0.1, -0.05) is 35.3 Å². The first-order valence-electron chi connectivity index (χ1n) is 8.38. The van der Waals surface area contributed by atoms with Crippen LogP contribution in [0.5, 0.6) is 0 Å². The lowest BCUT2D eigenvalue weighted by Crippen LogP contribution is -2.32. The number of halogens is 2. The summed E-state index contributed by atoms with van der Waals surface area (Å²) >= 11 is 12.2. The molecule has 0 bridgehead atoms. The maximum absolute atomic E-state index is 12.8. The number of hydrogen-bond acceptors (Lipinski definition) is 4. The number of likely N-dealkylation sites (tertiary alicyclic amines) is 1. The van der Waals surface area contributed by atoms with E-state index in [0.29, 0.717) is 40.3 Å². The summed E-state index contributed by atoms with van der Waals surface area (Å²) in [5, 5.41) is 4.36. The van der Waals surface area contributed by atoms with Crippen LogP contribution >= 0.6 is 23.2 Å². The van der Waals surface area contributed by atoms with Crippen molar-refractivity contribution in [3.63, 3.8) is 0 Å². The lowest BCUT2D eigenvalue weighted by Gasteiger charge is -2.18. The molecular formula is C19H17Cl2N3O2. The van der Waals surface area contributed by atoms with Gasteiger partial charge in [-0.3, -0.25) is 4.79 Å². The van der Waals surface area contributed by atoms with Crippen LogP contribution in [0.2, 0.25) is 10.0 Å². The predicted octanol–water partition coefficient (Wildman–Crippen LogP) is 4.77. The van der Waals surface area contributed by atoms with Crippen LogP contribution < -0.4 is 5.32 Å². The molecule has 0 radical (unpaired) electrons. The number of fused-ring (bicyclic) bond motifs is 1. The standard InChI is InChI=1S/C19H17Cl2N3O2/c1-11-3-2-4-14(21)17(11)18(25)24-8-7-13(10-24)22-19-23-15-6-5-12(20)9-16(15)26-19/h2-6,9,13H,7-8,10H2,1H3,(H,22,23). The van der Waals surface area contributed by atoms with Crippen LogP contribution in [0.15, 0.2) is 40.8 Å². The van der Waals surface area contributed by atoms with Crippen LogP contribution in [0.25, 0.3) is 11.1 Å². The van der Waals surface area contributed by atoms with Gasteiger partial charge in [-0.05, 0) is 37.1 Å². The quantitative estimate of drug-likeness (QED) is 0.700. The lowest BCUT2D eigenvalue weighted by atomic mass is 10.1. The van der Waals surface area contributed by atoms with Crippen molar-refractivity contribution in [3.05, 3.63) is 57.6 Å². The van der Waals surface area contributed by atoms with Crippen molar-refractivity contribution in [2.24, 2.45) is 0 Å². The molecule has 0 aliphatic carbocycles. The number of carbonyl (C=O) groups excluding carboxylic acids is 1. The molecule has 1 N–H and O–H groups in total. The number of hydrogen-bond donors (Lipinski definition) is 1. The fourth-order valence-electron chi connectivity index (χ4n) is 3.26. The van der Waals surface area contributed by atoms with Crippen molar-refractivity contribution in [1.82, 2.24) is 9.88 Å². The Bertz CT molecular complexity index is 966. The van der Waals surface area contributed by atoms with Gasteiger partial charge in [0.1, 0.15) is 5.52 Å². The van der Waals surface area contributed by atoms with Gasteiger partial charge in [-0.15, -0.1) is 0 Å². The second-order valence-corrected chi connectivity index (χ2v) is 7.29. The van der Waals surface area contributed by atoms with Gasteiger partial charge in [0.15, 0.2) is 5.58 Å². The normalized spacial score (nSPS) is 17.0. The Morgan fingerprint density at radius 1 is 1.31 bits per heavy atom. The average Bonchev–Trinajstić information content (AvgIpc) is 3.21. The number of aromatic nitrogens is 1. The van der Waals surface area contributed by atoms with E-state index in [2.05, 4.69) is 10.3 Å². The molecule has 1 amide bonds. The van der Waals surface area contributed by atoms with Gasteiger partial charge in [0.2, 0.25) is 0 Å². The van der Waals surface area contributed by atoms with Crippen molar-refractivity contribution < 1.29 is 9.21 Å². The molecule has 5 nitrogen and oxygen atoms in total. The third kappa shape index (κ3) is 3.24. The van der Waals surface area contributed by atoms with Crippen molar-refractivity contribution in [2.45, 2.75) is 19.4 Å². The molecule has 1 fully saturated rings. The fourth-order valence-corrected chi connectivity index (χ4v) is 3.72. The molecule has 1 unspecified atom stereocenters. The van der Waals surface area contributed by atoms with E-state index in [-0.39, 0.29) is 11.9 Å². The highest BCUT2D eigenvalue weighted by atomic mass is 35.5. The number of nitrogens with zero attached hydrogens (tertiary/aromatic N) is 2. The van der Waals surface area contributed by atoms with Gasteiger partial charge in [0.05, 0.1) is 10.6 Å². The summed E-state index contributed by atoms with van der Waals surface area (Å²) < 4.78 is 5.70. The third-order valence-electron chi connectivity index (χ3n) is 4.59. The molecule has 0 spiro atoms. The molecule has 1 aliphatic heterocycles. The predicted molar refractivity (Wildman–Crippen MR) is 103 cm³/mol. The molecule has 1 aromatic heterocycles. The monoisotopic (exact) mass is 389 g/mol. The number of benzene rings is 2. The van der Waals surface area contributed by atoms with E-state index >= 15 is 0 Å². The van der Waals surface area contributed by atoms with Gasteiger partial charge >= 0.3 is 0 Å². The number of anilines is 1. The molecular weight excluding hydrogens is 373 g/mol. The van der Waals surface area contributed by atoms with E-state index in [4.69, 9.17) is 27.6 Å². The largest absolute Gasteiger partial charge is 0.423 e.